The van der Waals surface area contributed by atoms with Gasteiger partial charge in [0.05, 0.1) is 0 Å². The van der Waals surface area contributed by atoms with E-state index in [9.17, 15) is 5.11 Å². The maximum Gasteiger partial charge on any atom is 0.383 e. The Hall–Kier alpha value is 0.409. The molecule has 2 rings (SSSR count). The predicted octanol–water partition coefficient (Wildman–Crippen LogP) is 16.9. The van der Waals surface area contributed by atoms with E-state index in [2.05, 4.69) is 178 Å². The third-order valence-electron chi connectivity index (χ3n) is 12.9. The van der Waals surface area contributed by atoms with Crippen molar-refractivity contribution in [2.45, 2.75) is 254 Å². The van der Waals surface area contributed by atoms with Gasteiger partial charge in [0.2, 0.25) is 0 Å². The van der Waals surface area contributed by atoms with E-state index in [0.29, 0.717) is 24.0 Å². The van der Waals surface area contributed by atoms with Crippen molar-refractivity contribution >= 4 is 84.9 Å². The minimum atomic E-state index is -2.89. The average Bonchev–Trinajstić information content (AvgIpc) is 3.10. The molecular weight excluding hydrogens is 1040 g/mol. The molecule has 0 saturated heterocycles. The Morgan fingerprint density at radius 1 is 0.529 bits per heavy atom. The lowest BCUT2D eigenvalue weighted by Gasteiger charge is -2.43. The fourth-order valence-corrected chi connectivity index (χ4v) is 60.9. The van der Waals surface area contributed by atoms with Crippen molar-refractivity contribution in [3.63, 3.8) is 0 Å². The molecule has 410 valence electrons. The van der Waals surface area contributed by atoms with Gasteiger partial charge >= 0.3 is 59.9 Å². The number of aromatic hydroxyl groups is 1. The Bertz CT molecular complexity index is 1800. The van der Waals surface area contributed by atoms with Gasteiger partial charge in [-0.25, -0.2) is 0 Å². The number of phenols is 1. The molecule has 0 aliphatic heterocycles. The van der Waals surface area contributed by atoms with Crippen LogP contribution in [0.15, 0.2) is 23.8 Å². The molecular formula is C50H110O10Si10. The molecule has 1 N–H and O–H groups in total. The fraction of sp³-hybridized carbons (Fsp3) is 0.840. The first-order chi connectivity index (χ1) is 31.6. The molecule has 0 bridgehead atoms. The van der Waals surface area contributed by atoms with Gasteiger partial charge in [-0.3, -0.25) is 0 Å². The van der Waals surface area contributed by atoms with Crippen molar-refractivity contribution in [3.05, 3.63) is 34.9 Å². The van der Waals surface area contributed by atoms with Gasteiger partial charge in [-0.2, -0.15) is 0 Å². The summed E-state index contributed by atoms with van der Waals surface area (Å²) in [6.45, 7) is 55.7. The lowest BCUT2D eigenvalue weighted by molar-refractivity contribution is 0.250. The summed E-state index contributed by atoms with van der Waals surface area (Å²) in [6.07, 6.45) is 14.4. The molecule has 0 aromatic heterocycles. The standard InChI is InChI=1S/C50H110O10Si10/c1-26-29-32-33-45-39-49(51)48(50(40-45)52-64(12,13)56-68(20,21)60-70(24,25)58-66(16,17)54-62(8,9)37-31-28-3)41-46-38-43(4)34-35-47(46)44(5)42-63(10,11)55-67(18,19)59-69(22,23)57-65(14,15)53-61(6,7)36-30-27-2/h38-40,44,46-47,51H,26-37,41-42H2,1-25H3/t44?,46-,47-/m0/s1. The highest BCUT2D eigenvalue weighted by Crippen LogP contribution is 2.44. The van der Waals surface area contributed by atoms with Gasteiger partial charge in [-0.15, -0.1) is 0 Å². The Morgan fingerprint density at radius 3 is 1.36 bits per heavy atom. The zero-order chi connectivity index (χ0) is 54.0. The number of benzene rings is 1. The molecule has 0 radical (unpaired) electrons. The van der Waals surface area contributed by atoms with Crippen LogP contribution >= 0.6 is 0 Å². The highest BCUT2D eigenvalue weighted by atomic mass is 28.5. The number of hydrogen-bond donors (Lipinski definition) is 1. The van der Waals surface area contributed by atoms with Crippen LogP contribution in [0.4, 0.5) is 0 Å². The van der Waals surface area contributed by atoms with E-state index in [1.165, 1.54) is 31.3 Å². The first kappa shape index (κ1) is 66.5. The molecule has 0 heterocycles. The summed E-state index contributed by atoms with van der Waals surface area (Å²) in [5, 5.41) is 12.0. The molecule has 0 saturated carbocycles. The SMILES string of the molecule is CCCCCc1cc(O)c(C[C@@H]2C=C(C)CC[C@H]2C(C)C[Si](C)(C)O[Si](C)(C)O[Si](C)(C)O[Si](C)(C)O[Si](C)(C)CCCC)c(O[Si](C)(C)O[Si](C)(C)O[Si](C)(C)O[Si](C)(C)O[Si](C)(C)CCCC)c1. The Balaban J connectivity index is 2.37. The maximum atomic E-state index is 12.0. The summed E-state index contributed by atoms with van der Waals surface area (Å²) in [5.74, 6) is 2.15. The molecule has 1 aliphatic rings. The van der Waals surface area contributed by atoms with Crippen LogP contribution in [-0.4, -0.2) is 90.0 Å². The molecule has 1 aromatic rings. The van der Waals surface area contributed by atoms with Crippen molar-refractivity contribution in [2.24, 2.45) is 17.8 Å². The Kier molecular flexibility index (Phi) is 25.3. The molecule has 1 aliphatic carbocycles. The van der Waals surface area contributed by atoms with Crippen LogP contribution in [0.5, 0.6) is 11.5 Å². The van der Waals surface area contributed by atoms with Gasteiger partial charge < -0.3 is 42.5 Å². The topological polar surface area (TPSA) is 103 Å². The predicted molar refractivity (Wildman–Crippen MR) is 323 cm³/mol. The molecule has 70 heavy (non-hydrogen) atoms. The lowest BCUT2D eigenvalue weighted by atomic mass is 9.72. The van der Waals surface area contributed by atoms with Gasteiger partial charge in [-0.05, 0) is 224 Å². The third kappa shape index (κ3) is 25.5. The number of rotatable bonds is 33. The first-order valence-corrected chi connectivity index (χ1v) is 56.4. The minimum absolute atomic E-state index is 0.236. The van der Waals surface area contributed by atoms with Crippen LogP contribution in [0.3, 0.4) is 0 Å². The second kappa shape index (κ2) is 26.6. The molecule has 3 atom stereocenters. The van der Waals surface area contributed by atoms with E-state index < -0.39 is 84.9 Å². The molecule has 1 aromatic carbocycles. The minimum Gasteiger partial charge on any atom is -0.520 e. The number of allylic oxidation sites excluding steroid dienone is 2. The van der Waals surface area contributed by atoms with Crippen LogP contribution < -0.4 is 4.43 Å². The van der Waals surface area contributed by atoms with Crippen LogP contribution in [0.2, 0.25) is 149 Å². The molecule has 1 unspecified atom stereocenters. The second-order valence-electron chi connectivity index (χ2n) is 26.0. The highest BCUT2D eigenvalue weighted by molar-refractivity contribution is 6.91. The van der Waals surface area contributed by atoms with E-state index in [-0.39, 0.29) is 5.92 Å². The van der Waals surface area contributed by atoms with Gasteiger partial charge in [0, 0.05) is 5.56 Å². The number of phenolic OH excluding ortho intramolecular Hbond substituents is 1. The summed E-state index contributed by atoms with van der Waals surface area (Å²) in [6, 6.07) is 7.51. The van der Waals surface area contributed by atoms with Crippen molar-refractivity contribution in [1.82, 2.24) is 0 Å². The normalized spacial score (nSPS) is 18.0. The summed E-state index contributed by atoms with van der Waals surface area (Å²) in [5.41, 5.74) is 3.40. The monoisotopic (exact) mass is 1150 g/mol. The zero-order valence-corrected chi connectivity index (χ0v) is 60.0. The fourth-order valence-electron chi connectivity index (χ4n) is 11.7. The van der Waals surface area contributed by atoms with Gasteiger partial charge in [-0.1, -0.05) is 77.9 Å². The second-order valence-corrected chi connectivity index (χ2v) is 64.3. The highest BCUT2D eigenvalue weighted by Gasteiger charge is 2.49. The van der Waals surface area contributed by atoms with Crippen LogP contribution in [0.25, 0.3) is 0 Å². The van der Waals surface area contributed by atoms with Gasteiger partial charge in [0.15, 0.2) is 25.0 Å². The van der Waals surface area contributed by atoms with Crippen molar-refractivity contribution < 1.29 is 42.5 Å². The Morgan fingerprint density at radius 2 is 0.929 bits per heavy atom. The quantitative estimate of drug-likeness (QED) is 0.0416. The number of hydrogen-bond acceptors (Lipinski definition) is 10. The Labute approximate surface area is 443 Å². The summed E-state index contributed by atoms with van der Waals surface area (Å²) < 4.78 is 62.9. The smallest absolute Gasteiger partial charge is 0.383 e. The van der Waals surface area contributed by atoms with Crippen molar-refractivity contribution in [1.29, 1.82) is 0 Å². The molecule has 0 spiro atoms. The van der Waals surface area contributed by atoms with E-state index in [1.807, 2.05) is 6.07 Å². The molecule has 10 nitrogen and oxygen atoms in total. The van der Waals surface area contributed by atoms with E-state index in [0.717, 1.165) is 73.5 Å². The largest absolute Gasteiger partial charge is 0.520 e. The van der Waals surface area contributed by atoms with Crippen LogP contribution in [0, 0.1) is 17.8 Å². The van der Waals surface area contributed by atoms with E-state index >= 15 is 0 Å². The van der Waals surface area contributed by atoms with E-state index in [1.54, 1.807) is 0 Å². The average molecular weight is 1150 g/mol. The summed E-state index contributed by atoms with van der Waals surface area (Å²) in [7, 11) is -24.3. The van der Waals surface area contributed by atoms with E-state index in [4.69, 9.17) is 37.3 Å². The van der Waals surface area contributed by atoms with Gasteiger partial charge in [0.1, 0.15) is 11.5 Å². The lowest BCUT2D eigenvalue weighted by Crippen LogP contribution is -2.59. The van der Waals surface area contributed by atoms with Crippen molar-refractivity contribution in [2.75, 3.05) is 0 Å². The molecule has 0 amide bonds. The van der Waals surface area contributed by atoms with Crippen molar-refractivity contribution in [3.8, 4) is 11.5 Å². The summed E-state index contributed by atoms with van der Waals surface area (Å²) >= 11 is 0. The van der Waals surface area contributed by atoms with Crippen LogP contribution in [0.1, 0.15) is 104 Å². The first-order valence-electron chi connectivity index (χ1n) is 27.4. The van der Waals surface area contributed by atoms with Crippen LogP contribution in [-0.2, 0) is 45.8 Å². The third-order valence-corrected chi connectivity index (χ3v) is 50.5. The molecule has 0 fully saturated rings. The molecule has 20 heteroatoms. The number of aryl methyl sites for hydroxylation is 1. The maximum absolute atomic E-state index is 12.0. The summed E-state index contributed by atoms with van der Waals surface area (Å²) in [4.78, 5) is 0. The number of unbranched alkanes of at least 4 members (excludes halogenated alkanes) is 4. The zero-order valence-electron chi connectivity index (χ0n) is 50.0. The van der Waals surface area contributed by atoms with Gasteiger partial charge in [0.25, 0.3) is 0 Å².